The zero-order valence-electron chi connectivity index (χ0n) is 14.0. The third-order valence-electron chi connectivity index (χ3n) is 4.17. The van der Waals surface area contributed by atoms with E-state index in [4.69, 9.17) is 4.74 Å². The first-order chi connectivity index (χ1) is 11.6. The van der Waals surface area contributed by atoms with Gasteiger partial charge >= 0.3 is 0 Å². The van der Waals surface area contributed by atoms with Gasteiger partial charge in [0, 0.05) is 11.0 Å². The van der Waals surface area contributed by atoms with Crippen LogP contribution in [0.25, 0.3) is 6.08 Å². The Morgan fingerprint density at radius 1 is 1.33 bits per heavy atom. The van der Waals surface area contributed by atoms with Crippen LogP contribution in [-0.4, -0.2) is 24.5 Å². The maximum Gasteiger partial charge on any atom is 0.232 e. The molecular weight excluding hydrogens is 322 g/mol. The van der Waals surface area contributed by atoms with Gasteiger partial charge in [-0.1, -0.05) is 19.4 Å². The molecule has 0 spiro atoms. The Kier molecular flexibility index (Phi) is 5.02. The van der Waals surface area contributed by atoms with Gasteiger partial charge in [0.15, 0.2) is 11.5 Å². The van der Waals surface area contributed by atoms with E-state index in [9.17, 15) is 9.90 Å². The number of quaternary nitrogens is 1. The Morgan fingerprint density at radius 3 is 2.88 bits per heavy atom. The molecule has 0 bridgehead atoms. The molecule has 0 fully saturated rings. The highest BCUT2D eigenvalue weighted by atomic mass is 32.1. The van der Waals surface area contributed by atoms with Gasteiger partial charge in [-0.25, -0.2) is 0 Å². The van der Waals surface area contributed by atoms with Crippen molar-refractivity contribution >= 4 is 23.2 Å². The third kappa shape index (κ3) is 3.37. The second kappa shape index (κ2) is 7.20. The topological polar surface area (TPSA) is 51.0 Å². The number of ether oxygens (including phenoxy) is 1. The molecule has 0 radical (unpaired) electrons. The van der Waals surface area contributed by atoms with Gasteiger partial charge in [-0.15, -0.1) is 11.3 Å². The smallest absolute Gasteiger partial charge is 0.232 e. The maximum atomic E-state index is 12.6. The summed E-state index contributed by atoms with van der Waals surface area (Å²) in [5, 5.41) is 12.2. The van der Waals surface area contributed by atoms with Crippen molar-refractivity contribution in [3.63, 3.8) is 0 Å². The predicted molar refractivity (Wildman–Crippen MR) is 95.7 cm³/mol. The summed E-state index contributed by atoms with van der Waals surface area (Å²) in [5.41, 5.74) is 1.25. The van der Waals surface area contributed by atoms with Gasteiger partial charge in [-0.2, -0.15) is 0 Å². The number of thiophene rings is 1. The summed E-state index contributed by atoms with van der Waals surface area (Å²) in [6.07, 6.45) is 4.03. The van der Waals surface area contributed by atoms with Crippen molar-refractivity contribution in [2.75, 3.05) is 13.6 Å². The van der Waals surface area contributed by atoms with Gasteiger partial charge in [0.25, 0.3) is 0 Å². The third-order valence-corrected chi connectivity index (χ3v) is 4.99. The molecule has 0 saturated carbocycles. The monoisotopic (exact) mass is 344 g/mol. The molecule has 1 aliphatic heterocycles. The normalized spacial score (nSPS) is 16.2. The Bertz CT molecular complexity index is 765. The second-order valence-electron chi connectivity index (χ2n) is 6.13. The summed E-state index contributed by atoms with van der Waals surface area (Å²) < 4.78 is 5.85. The molecule has 1 aromatic heterocycles. The molecule has 24 heavy (non-hydrogen) atoms. The van der Waals surface area contributed by atoms with Gasteiger partial charge in [0.1, 0.15) is 12.3 Å². The van der Waals surface area contributed by atoms with Crippen LogP contribution in [0.4, 0.5) is 0 Å². The van der Waals surface area contributed by atoms with Crippen LogP contribution in [0.3, 0.4) is 0 Å². The Labute approximate surface area is 146 Å². The molecule has 0 saturated heterocycles. The average molecular weight is 344 g/mol. The highest BCUT2D eigenvalue weighted by molar-refractivity contribution is 7.10. The fraction of sp³-hybridized carbons (Fsp3) is 0.316. The van der Waals surface area contributed by atoms with Gasteiger partial charge in [0.2, 0.25) is 5.78 Å². The van der Waals surface area contributed by atoms with Crippen LogP contribution >= 0.6 is 11.3 Å². The number of phenols is 1. The van der Waals surface area contributed by atoms with Crippen LogP contribution in [0.15, 0.2) is 35.4 Å². The van der Waals surface area contributed by atoms with Crippen LogP contribution in [0, 0.1) is 0 Å². The summed E-state index contributed by atoms with van der Waals surface area (Å²) >= 11 is 1.56. The lowest BCUT2D eigenvalue weighted by molar-refractivity contribution is -0.894. The molecule has 2 N–H and O–H groups in total. The highest BCUT2D eigenvalue weighted by Gasteiger charge is 2.32. The van der Waals surface area contributed by atoms with E-state index in [0.29, 0.717) is 29.2 Å². The molecule has 2 aromatic rings. The predicted octanol–water partition coefficient (Wildman–Crippen LogP) is 2.88. The molecule has 5 heteroatoms. The van der Waals surface area contributed by atoms with Crippen LogP contribution in [0.1, 0.15) is 40.6 Å². The van der Waals surface area contributed by atoms with Gasteiger partial charge in [0.05, 0.1) is 24.7 Å². The molecule has 1 unspecified atom stereocenters. The van der Waals surface area contributed by atoms with E-state index in [-0.39, 0.29) is 11.5 Å². The van der Waals surface area contributed by atoms with Crippen LogP contribution < -0.4 is 9.64 Å². The summed E-state index contributed by atoms with van der Waals surface area (Å²) in [7, 11) is 2.09. The van der Waals surface area contributed by atoms with Crippen LogP contribution in [-0.2, 0) is 6.54 Å². The van der Waals surface area contributed by atoms with Crippen molar-refractivity contribution in [1.82, 2.24) is 0 Å². The zero-order chi connectivity index (χ0) is 17.1. The lowest BCUT2D eigenvalue weighted by Crippen LogP contribution is -3.07. The molecule has 2 heterocycles. The number of unbranched alkanes of at least 4 members (excludes halogenated alkanes) is 1. The minimum atomic E-state index is -0.120. The van der Waals surface area contributed by atoms with E-state index in [2.05, 4.69) is 14.0 Å². The number of carbonyl (C=O) groups is 1. The molecule has 1 atom stereocenters. The number of Topliss-reactive ketones (excluding diaryl/α,β-unsaturated/α-hetero) is 1. The summed E-state index contributed by atoms with van der Waals surface area (Å²) in [4.78, 5) is 14.8. The second-order valence-corrected chi connectivity index (χ2v) is 7.11. The van der Waals surface area contributed by atoms with E-state index in [1.165, 1.54) is 4.90 Å². The Balaban J connectivity index is 1.89. The number of nitrogens with one attached hydrogen (secondary N) is 1. The van der Waals surface area contributed by atoms with Crippen molar-refractivity contribution in [2.45, 2.75) is 26.3 Å². The standard InChI is InChI=1S/C19H21NO3S/c1-3-4-9-20(2)12-15-16(21)8-7-14-18(22)17(23-19(14)15)11-13-6-5-10-24-13/h5-8,10-11,21H,3-4,9,12H2,1-2H3/p+1. The largest absolute Gasteiger partial charge is 0.507 e. The lowest BCUT2D eigenvalue weighted by Gasteiger charge is -2.16. The zero-order valence-corrected chi connectivity index (χ0v) is 14.8. The summed E-state index contributed by atoms with van der Waals surface area (Å²) in [6.45, 7) is 3.81. The quantitative estimate of drug-likeness (QED) is 0.792. The number of allylic oxidation sites excluding steroid dienone is 1. The number of fused-ring (bicyclic) bond motifs is 1. The molecule has 0 amide bonds. The van der Waals surface area contributed by atoms with E-state index >= 15 is 0 Å². The first-order valence-corrected chi connectivity index (χ1v) is 9.12. The molecule has 1 aromatic carbocycles. The first kappa shape index (κ1) is 16.7. The molecule has 0 aliphatic carbocycles. The van der Waals surface area contributed by atoms with Crippen molar-refractivity contribution in [1.29, 1.82) is 0 Å². The molecular formula is C19H22NO3S+. The molecule has 3 rings (SSSR count). The number of carbonyl (C=O) groups excluding carboxylic acids is 1. The van der Waals surface area contributed by atoms with Crippen molar-refractivity contribution in [2.24, 2.45) is 0 Å². The van der Waals surface area contributed by atoms with Gasteiger partial charge in [-0.3, -0.25) is 4.79 Å². The fourth-order valence-corrected chi connectivity index (χ4v) is 3.49. The first-order valence-electron chi connectivity index (χ1n) is 8.24. The molecule has 1 aliphatic rings. The number of ketones is 1. The maximum absolute atomic E-state index is 12.6. The number of hydrogen-bond acceptors (Lipinski definition) is 4. The van der Waals surface area contributed by atoms with Crippen molar-refractivity contribution in [3.8, 4) is 11.5 Å². The SMILES string of the molecule is CCCC[NH+](C)Cc1c(O)ccc2c1OC(=Cc1cccs1)C2=O. The Hall–Kier alpha value is -2.11. The average Bonchev–Trinajstić information content (AvgIpc) is 3.18. The minimum Gasteiger partial charge on any atom is -0.507 e. The van der Waals surface area contributed by atoms with Gasteiger partial charge < -0.3 is 14.7 Å². The number of hydrogen-bond donors (Lipinski definition) is 2. The van der Waals surface area contributed by atoms with Crippen molar-refractivity contribution in [3.05, 3.63) is 51.4 Å². The molecule has 126 valence electrons. The van der Waals surface area contributed by atoms with E-state index in [0.717, 1.165) is 24.3 Å². The number of benzene rings is 1. The van der Waals surface area contributed by atoms with Gasteiger partial charge in [-0.05, 0) is 30.0 Å². The highest BCUT2D eigenvalue weighted by Crippen LogP contribution is 2.39. The minimum absolute atomic E-state index is 0.120. The number of aromatic hydroxyl groups is 1. The van der Waals surface area contributed by atoms with Crippen LogP contribution in [0.5, 0.6) is 11.5 Å². The van der Waals surface area contributed by atoms with Crippen LogP contribution in [0.2, 0.25) is 0 Å². The fourth-order valence-electron chi connectivity index (χ4n) is 2.84. The molecule has 4 nitrogen and oxygen atoms in total. The summed E-state index contributed by atoms with van der Waals surface area (Å²) in [6, 6.07) is 7.12. The number of rotatable bonds is 6. The summed E-state index contributed by atoms with van der Waals surface area (Å²) in [5.74, 6) is 0.907. The van der Waals surface area contributed by atoms with Crippen molar-refractivity contribution < 1.29 is 19.5 Å². The van der Waals surface area contributed by atoms with E-state index in [1.807, 2.05) is 17.5 Å². The lowest BCUT2D eigenvalue weighted by atomic mass is 10.0. The Morgan fingerprint density at radius 2 is 2.17 bits per heavy atom. The van der Waals surface area contributed by atoms with E-state index in [1.54, 1.807) is 29.5 Å². The number of phenolic OH excluding ortho intramolecular Hbond substituents is 1. The van der Waals surface area contributed by atoms with E-state index < -0.39 is 0 Å².